The topological polar surface area (TPSA) is 26.3 Å². The highest BCUT2D eigenvalue weighted by atomic mass is 79.9. The van der Waals surface area contributed by atoms with Gasteiger partial charge in [-0.1, -0.05) is 15.9 Å². The van der Waals surface area contributed by atoms with Crippen molar-refractivity contribution in [3.05, 3.63) is 0 Å². The summed E-state index contributed by atoms with van der Waals surface area (Å²) in [5, 5.41) is 0.300. The van der Waals surface area contributed by atoms with Crippen molar-refractivity contribution in [2.45, 2.75) is 18.3 Å². The number of thioether (sulfide) groups is 2. The Balaban J connectivity index is 2.25. The van der Waals surface area contributed by atoms with Gasteiger partial charge in [0.05, 0.1) is 0 Å². The summed E-state index contributed by atoms with van der Waals surface area (Å²) >= 11 is 6.72. The lowest BCUT2D eigenvalue weighted by Gasteiger charge is -2.18. The van der Waals surface area contributed by atoms with Crippen LogP contribution in [0.25, 0.3) is 0 Å². The molecule has 0 N–H and O–H groups in total. The Morgan fingerprint density at radius 3 is 3.00 bits per heavy atom. The number of esters is 1. The lowest BCUT2D eigenvalue weighted by molar-refractivity contribution is -0.140. The summed E-state index contributed by atoms with van der Waals surface area (Å²) in [6, 6.07) is 0. The molecule has 0 amide bonds. The van der Waals surface area contributed by atoms with Crippen LogP contribution in [0, 0.1) is 0 Å². The van der Waals surface area contributed by atoms with Crippen molar-refractivity contribution in [1.82, 2.24) is 0 Å². The van der Waals surface area contributed by atoms with E-state index in [4.69, 9.17) is 4.74 Å². The highest BCUT2D eigenvalue weighted by Crippen LogP contribution is 2.23. The molecule has 1 heterocycles. The van der Waals surface area contributed by atoms with Gasteiger partial charge in [0.1, 0.15) is 5.33 Å². The van der Waals surface area contributed by atoms with Crippen molar-refractivity contribution >= 4 is 45.4 Å². The molecule has 0 saturated carbocycles. The van der Waals surface area contributed by atoms with Gasteiger partial charge in [-0.15, -0.1) is 11.8 Å². The minimum absolute atomic E-state index is 0.0651. The van der Waals surface area contributed by atoms with E-state index in [0.717, 1.165) is 11.5 Å². The zero-order valence-corrected chi connectivity index (χ0v) is 10.5. The maximum absolute atomic E-state index is 11.0. The fourth-order valence-corrected chi connectivity index (χ4v) is 3.44. The van der Waals surface area contributed by atoms with Crippen LogP contribution in [0.2, 0.25) is 0 Å². The van der Waals surface area contributed by atoms with Gasteiger partial charge < -0.3 is 4.74 Å². The molecular weight excluding hydrogens is 272 g/mol. The lowest BCUT2D eigenvalue weighted by atomic mass is 10.4. The zero-order chi connectivity index (χ0) is 9.52. The Morgan fingerprint density at radius 1 is 1.46 bits per heavy atom. The quantitative estimate of drug-likeness (QED) is 0.575. The molecule has 0 bridgehead atoms. The Hall–Kier alpha value is 0.650. The average molecular weight is 285 g/mol. The van der Waals surface area contributed by atoms with Crippen LogP contribution in [0.15, 0.2) is 0 Å². The molecule has 0 radical (unpaired) electrons. The number of alkyl halides is 1. The summed E-state index contributed by atoms with van der Waals surface area (Å²) in [5.74, 6) is 3.09. The van der Waals surface area contributed by atoms with Crippen molar-refractivity contribution in [3.63, 3.8) is 0 Å². The van der Waals surface area contributed by atoms with Gasteiger partial charge in [0.2, 0.25) is 0 Å². The first kappa shape index (κ1) is 11.7. The van der Waals surface area contributed by atoms with Crippen LogP contribution in [0.1, 0.15) is 12.8 Å². The monoisotopic (exact) mass is 284 g/mol. The van der Waals surface area contributed by atoms with E-state index in [1.54, 1.807) is 11.8 Å². The molecule has 0 aromatic rings. The Bertz CT molecular complexity index is 158. The molecule has 1 atom stereocenters. The highest BCUT2D eigenvalue weighted by molar-refractivity contribution is 9.09. The smallest absolute Gasteiger partial charge is 0.317 e. The summed E-state index contributed by atoms with van der Waals surface area (Å²) in [6.45, 7) is 0. The normalized spacial score (nSPS) is 24.5. The van der Waals surface area contributed by atoms with E-state index in [9.17, 15) is 4.79 Å². The van der Waals surface area contributed by atoms with Crippen LogP contribution < -0.4 is 0 Å². The van der Waals surface area contributed by atoms with Gasteiger partial charge in [0, 0.05) is 5.75 Å². The molecule has 0 spiro atoms. The minimum atomic E-state index is -0.154. The van der Waals surface area contributed by atoms with E-state index in [-0.39, 0.29) is 11.4 Å². The maximum Gasteiger partial charge on any atom is 0.317 e. The molecule has 1 fully saturated rings. The Morgan fingerprint density at radius 2 is 2.23 bits per heavy atom. The van der Waals surface area contributed by atoms with E-state index in [0.29, 0.717) is 5.33 Å². The van der Waals surface area contributed by atoms with Crippen LogP contribution in [0.5, 0.6) is 0 Å². The molecule has 1 rings (SSSR count). The first-order valence-electron chi connectivity index (χ1n) is 4.27. The Kier molecular flexibility index (Phi) is 6.32. The first-order valence-corrected chi connectivity index (χ1v) is 7.60. The molecule has 13 heavy (non-hydrogen) atoms. The maximum atomic E-state index is 11.0. The number of hydrogen-bond donors (Lipinski definition) is 0. The summed E-state index contributed by atoms with van der Waals surface area (Å²) < 4.78 is 5.23. The van der Waals surface area contributed by atoms with E-state index < -0.39 is 0 Å². The van der Waals surface area contributed by atoms with Crippen molar-refractivity contribution < 1.29 is 9.53 Å². The second-order valence-corrected chi connectivity index (χ2v) is 5.68. The number of carbonyl (C=O) groups is 1. The van der Waals surface area contributed by atoms with Crippen molar-refractivity contribution in [3.8, 4) is 0 Å². The standard InChI is InChI=1S/C8H13BrO2S2/c9-5-7(10)11-8-6-12-3-1-2-4-13-8/h8H,1-6H2. The molecule has 1 aliphatic rings. The zero-order valence-electron chi connectivity index (χ0n) is 7.33. The molecule has 0 aromatic heterocycles. The van der Waals surface area contributed by atoms with E-state index >= 15 is 0 Å². The molecule has 1 aliphatic heterocycles. The van der Waals surface area contributed by atoms with E-state index in [1.807, 2.05) is 11.8 Å². The third-order valence-electron chi connectivity index (χ3n) is 1.61. The fourth-order valence-electron chi connectivity index (χ4n) is 0.995. The SMILES string of the molecule is O=C(CBr)OC1CSCCCCS1. The lowest BCUT2D eigenvalue weighted by Crippen LogP contribution is -2.19. The number of rotatable bonds is 2. The molecule has 5 heteroatoms. The fraction of sp³-hybridized carbons (Fsp3) is 0.875. The number of hydrogen-bond acceptors (Lipinski definition) is 4. The average Bonchev–Trinajstić information content (AvgIpc) is 2.09. The van der Waals surface area contributed by atoms with Crippen LogP contribution in [-0.4, -0.2) is 34.0 Å². The highest BCUT2D eigenvalue weighted by Gasteiger charge is 2.15. The van der Waals surface area contributed by atoms with Crippen LogP contribution in [0.3, 0.4) is 0 Å². The molecule has 76 valence electrons. The summed E-state index contributed by atoms with van der Waals surface area (Å²) in [5.41, 5.74) is 0.0651. The van der Waals surface area contributed by atoms with Gasteiger partial charge in [-0.25, -0.2) is 0 Å². The third-order valence-corrected chi connectivity index (χ3v) is 4.56. The largest absolute Gasteiger partial charge is 0.450 e. The minimum Gasteiger partial charge on any atom is -0.450 e. The van der Waals surface area contributed by atoms with Gasteiger partial charge in [0.25, 0.3) is 0 Å². The molecule has 0 aromatic carbocycles. The summed E-state index contributed by atoms with van der Waals surface area (Å²) in [4.78, 5) is 11.0. The second-order valence-electron chi connectivity index (χ2n) is 2.71. The predicted molar refractivity (Wildman–Crippen MR) is 62.7 cm³/mol. The van der Waals surface area contributed by atoms with Gasteiger partial charge >= 0.3 is 5.97 Å². The van der Waals surface area contributed by atoms with E-state index in [1.165, 1.54) is 18.6 Å². The van der Waals surface area contributed by atoms with Crippen molar-refractivity contribution in [2.24, 2.45) is 0 Å². The summed E-state index contributed by atoms with van der Waals surface area (Å²) in [6.07, 6.45) is 2.52. The van der Waals surface area contributed by atoms with E-state index in [2.05, 4.69) is 15.9 Å². The van der Waals surface area contributed by atoms with Crippen LogP contribution in [0.4, 0.5) is 0 Å². The Labute approximate surface area is 95.7 Å². The molecular formula is C8H13BrO2S2. The predicted octanol–water partition coefficient (Wildman–Crippen LogP) is 2.51. The van der Waals surface area contributed by atoms with Gasteiger partial charge in [-0.3, -0.25) is 4.79 Å². The summed E-state index contributed by atoms with van der Waals surface area (Å²) in [7, 11) is 0. The molecule has 1 unspecified atom stereocenters. The van der Waals surface area contributed by atoms with Crippen molar-refractivity contribution in [1.29, 1.82) is 0 Å². The van der Waals surface area contributed by atoms with Gasteiger partial charge in [-0.2, -0.15) is 11.8 Å². The number of halogens is 1. The van der Waals surface area contributed by atoms with Crippen LogP contribution >= 0.6 is 39.5 Å². The van der Waals surface area contributed by atoms with Crippen molar-refractivity contribution in [2.75, 3.05) is 22.6 Å². The molecule has 2 nitrogen and oxygen atoms in total. The third kappa shape index (κ3) is 5.18. The second kappa shape index (κ2) is 7.01. The van der Waals surface area contributed by atoms with Gasteiger partial charge in [0.15, 0.2) is 5.44 Å². The van der Waals surface area contributed by atoms with Crippen LogP contribution in [-0.2, 0) is 9.53 Å². The molecule has 0 aliphatic carbocycles. The van der Waals surface area contributed by atoms with Gasteiger partial charge in [-0.05, 0) is 24.3 Å². The number of carbonyl (C=O) groups excluding carboxylic acids is 1. The molecule has 1 saturated heterocycles. The first-order chi connectivity index (χ1) is 6.33. The number of ether oxygens (including phenoxy) is 1.